The van der Waals surface area contributed by atoms with E-state index in [9.17, 15) is 4.79 Å². The van der Waals surface area contributed by atoms with Crippen molar-refractivity contribution >= 4 is 11.7 Å². The molecular formula is C18H26N2O3. The number of oxime groups is 1. The third-order valence-electron chi connectivity index (χ3n) is 4.20. The maximum atomic E-state index is 12.1. The molecule has 1 saturated heterocycles. The van der Waals surface area contributed by atoms with Crippen molar-refractivity contribution in [1.82, 2.24) is 4.90 Å². The van der Waals surface area contributed by atoms with E-state index in [4.69, 9.17) is 9.57 Å². The van der Waals surface area contributed by atoms with Gasteiger partial charge in [-0.3, -0.25) is 0 Å². The lowest BCUT2D eigenvalue weighted by Crippen LogP contribution is -2.43. The smallest absolute Gasteiger partial charge is 0.365 e. The maximum Gasteiger partial charge on any atom is 0.365 e. The summed E-state index contributed by atoms with van der Waals surface area (Å²) in [6.45, 7) is 7.91. The normalized spacial score (nSPS) is 23.7. The number of likely N-dealkylation sites (tertiary alicyclic amines) is 1. The molecule has 0 unspecified atom stereocenters. The molecule has 0 saturated carbocycles. The molecule has 2 atom stereocenters. The summed E-state index contributed by atoms with van der Waals surface area (Å²) in [6.07, 6.45) is 1.78. The van der Waals surface area contributed by atoms with Crippen LogP contribution in [-0.4, -0.2) is 42.8 Å². The Morgan fingerprint density at radius 3 is 2.65 bits per heavy atom. The number of nitrogens with zero attached hydrogens (tertiary/aromatic N) is 2. The van der Waals surface area contributed by atoms with Crippen LogP contribution in [0, 0.1) is 5.92 Å². The average molecular weight is 318 g/mol. The Labute approximate surface area is 138 Å². The maximum absolute atomic E-state index is 12.1. The lowest BCUT2D eigenvalue weighted by atomic mass is 9.93. The van der Waals surface area contributed by atoms with Crippen LogP contribution in [0.4, 0.5) is 0 Å². The van der Waals surface area contributed by atoms with Gasteiger partial charge in [0.15, 0.2) is 0 Å². The molecule has 1 aromatic carbocycles. The van der Waals surface area contributed by atoms with Gasteiger partial charge in [0.1, 0.15) is 5.75 Å². The highest BCUT2D eigenvalue weighted by Gasteiger charge is 2.26. The molecule has 23 heavy (non-hydrogen) atoms. The molecule has 5 nitrogen and oxygen atoms in total. The Hall–Kier alpha value is -1.88. The van der Waals surface area contributed by atoms with Gasteiger partial charge in [0, 0.05) is 24.9 Å². The van der Waals surface area contributed by atoms with Crippen LogP contribution in [0.25, 0.3) is 0 Å². The van der Waals surface area contributed by atoms with Gasteiger partial charge in [-0.15, -0.1) is 0 Å². The molecule has 1 heterocycles. The Balaban J connectivity index is 1.95. The second-order valence-electron chi connectivity index (χ2n) is 6.23. The van der Waals surface area contributed by atoms with Crippen LogP contribution in [0.5, 0.6) is 5.75 Å². The number of piperidine rings is 1. The first-order valence-corrected chi connectivity index (χ1v) is 8.22. The molecule has 0 bridgehead atoms. The average Bonchev–Trinajstić information content (AvgIpc) is 2.55. The van der Waals surface area contributed by atoms with E-state index in [1.54, 1.807) is 24.3 Å². The number of hydrogen-bond acceptors (Lipinski definition) is 5. The quantitative estimate of drug-likeness (QED) is 0.617. The van der Waals surface area contributed by atoms with Crippen molar-refractivity contribution in [2.75, 3.05) is 20.2 Å². The summed E-state index contributed by atoms with van der Waals surface area (Å²) in [7, 11) is 2.10. The number of carbonyl (C=O) groups is 1. The molecule has 0 spiro atoms. The Bertz CT molecular complexity index is 554. The highest BCUT2D eigenvalue weighted by molar-refractivity contribution is 5.92. The van der Waals surface area contributed by atoms with Gasteiger partial charge in [-0.2, -0.15) is 0 Å². The first-order valence-electron chi connectivity index (χ1n) is 8.22. The molecule has 1 aliphatic heterocycles. The van der Waals surface area contributed by atoms with Crippen molar-refractivity contribution in [1.29, 1.82) is 0 Å². The number of rotatable bonds is 5. The summed E-state index contributed by atoms with van der Waals surface area (Å²) in [4.78, 5) is 19.5. The minimum Gasteiger partial charge on any atom is -0.494 e. The molecule has 2 rings (SSSR count). The minimum absolute atomic E-state index is 0.300. The second kappa shape index (κ2) is 8.11. The van der Waals surface area contributed by atoms with Gasteiger partial charge >= 0.3 is 5.97 Å². The lowest BCUT2D eigenvalue weighted by molar-refractivity contribution is 0.0508. The third-order valence-corrected chi connectivity index (χ3v) is 4.20. The van der Waals surface area contributed by atoms with Crippen molar-refractivity contribution in [3.8, 4) is 5.75 Å². The summed E-state index contributed by atoms with van der Waals surface area (Å²) in [5, 5.41) is 4.11. The molecule has 0 aromatic heterocycles. The number of hydrogen-bond donors (Lipinski definition) is 0. The van der Waals surface area contributed by atoms with Gasteiger partial charge in [0.25, 0.3) is 0 Å². The van der Waals surface area contributed by atoms with E-state index in [0.717, 1.165) is 30.8 Å². The Kier molecular flexibility index (Phi) is 6.16. The molecule has 1 aromatic rings. The Morgan fingerprint density at radius 2 is 2.00 bits per heavy atom. The summed E-state index contributed by atoms with van der Waals surface area (Å²) >= 11 is 0. The van der Waals surface area contributed by atoms with Crippen molar-refractivity contribution in [3.63, 3.8) is 0 Å². The van der Waals surface area contributed by atoms with E-state index in [-0.39, 0.29) is 0 Å². The largest absolute Gasteiger partial charge is 0.494 e. The van der Waals surface area contributed by atoms with Crippen LogP contribution >= 0.6 is 0 Å². The van der Waals surface area contributed by atoms with Gasteiger partial charge in [0.2, 0.25) is 0 Å². The van der Waals surface area contributed by atoms with Crippen molar-refractivity contribution in [2.24, 2.45) is 11.1 Å². The van der Waals surface area contributed by atoms with Crippen molar-refractivity contribution in [3.05, 3.63) is 29.8 Å². The third kappa shape index (κ3) is 4.79. The van der Waals surface area contributed by atoms with E-state index in [1.807, 2.05) is 0 Å². The molecule has 1 fully saturated rings. The second-order valence-corrected chi connectivity index (χ2v) is 6.23. The van der Waals surface area contributed by atoms with Crippen LogP contribution in [0.15, 0.2) is 29.4 Å². The number of ether oxygens (including phenoxy) is 1. The monoisotopic (exact) mass is 318 g/mol. The van der Waals surface area contributed by atoms with Crippen LogP contribution in [0.3, 0.4) is 0 Å². The van der Waals surface area contributed by atoms with E-state index in [0.29, 0.717) is 24.1 Å². The van der Waals surface area contributed by atoms with Crippen LogP contribution in [0.2, 0.25) is 0 Å². The van der Waals surface area contributed by atoms with E-state index in [1.165, 1.54) is 0 Å². The van der Waals surface area contributed by atoms with Gasteiger partial charge in [-0.1, -0.05) is 19.0 Å². The van der Waals surface area contributed by atoms with Gasteiger partial charge in [0.05, 0.1) is 17.9 Å². The zero-order valence-corrected chi connectivity index (χ0v) is 14.4. The standard InChI is InChI=1S/C18H26N2O3/c1-5-10-22-16-8-6-15(7-9-16)18(21)23-19-17-11-14(3)20(4)12-13(17)2/h6-9,13-14H,5,10-12H2,1-4H3/b19-17-/t13-,14+/m1/s1. The molecule has 0 radical (unpaired) electrons. The zero-order valence-electron chi connectivity index (χ0n) is 14.4. The number of carbonyl (C=O) groups excluding carboxylic acids is 1. The summed E-state index contributed by atoms with van der Waals surface area (Å²) < 4.78 is 5.50. The topological polar surface area (TPSA) is 51.1 Å². The van der Waals surface area contributed by atoms with E-state index in [2.05, 4.69) is 37.9 Å². The van der Waals surface area contributed by atoms with Crippen LogP contribution < -0.4 is 4.74 Å². The highest BCUT2D eigenvalue weighted by atomic mass is 16.7. The first-order chi connectivity index (χ1) is 11.0. The molecule has 0 amide bonds. The fourth-order valence-corrected chi connectivity index (χ4v) is 2.56. The fourth-order valence-electron chi connectivity index (χ4n) is 2.56. The molecule has 0 N–H and O–H groups in total. The SMILES string of the molecule is CCCOc1ccc(C(=O)O/N=C2/C[C@H](C)N(C)C[C@H]2C)cc1. The Morgan fingerprint density at radius 1 is 1.30 bits per heavy atom. The van der Waals surface area contributed by atoms with Gasteiger partial charge < -0.3 is 14.5 Å². The van der Waals surface area contributed by atoms with Gasteiger partial charge in [-0.25, -0.2) is 4.79 Å². The molecule has 126 valence electrons. The predicted molar refractivity (Wildman–Crippen MR) is 91.0 cm³/mol. The van der Waals surface area contributed by atoms with Crippen molar-refractivity contribution < 1.29 is 14.4 Å². The van der Waals surface area contributed by atoms with E-state index < -0.39 is 5.97 Å². The molecular weight excluding hydrogens is 292 g/mol. The molecule has 1 aliphatic rings. The molecule has 0 aliphatic carbocycles. The first kappa shape index (κ1) is 17.5. The van der Waals surface area contributed by atoms with E-state index >= 15 is 0 Å². The minimum atomic E-state index is -0.432. The summed E-state index contributed by atoms with van der Waals surface area (Å²) in [6, 6.07) is 7.38. The lowest BCUT2D eigenvalue weighted by Gasteiger charge is -2.34. The van der Waals surface area contributed by atoms with Crippen LogP contribution in [0.1, 0.15) is 44.0 Å². The predicted octanol–water partition coefficient (Wildman–Crippen LogP) is 3.35. The zero-order chi connectivity index (χ0) is 16.8. The van der Waals surface area contributed by atoms with Crippen molar-refractivity contribution in [2.45, 2.75) is 39.7 Å². The van der Waals surface area contributed by atoms with Gasteiger partial charge in [-0.05, 0) is 44.7 Å². The summed E-state index contributed by atoms with van der Waals surface area (Å²) in [5.41, 5.74) is 1.43. The fraction of sp³-hybridized carbons (Fsp3) is 0.556. The molecule has 5 heteroatoms. The number of benzene rings is 1. The summed E-state index contributed by atoms with van der Waals surface area (Å²) in [5.74, 6) is 0.625. The highest BCUT2D eigenvalue weighted by Crippen LogP contribution is 2.19. The van der Waals surface area contributed by atoms with Crippen LogP contribution in [-0.2, 0) is 4.84 Å².